The molecule has 110 valence electrons. The van der Waals surface area contributed by atoms with E-state index in [0.29, 0.717) is 5.56 Å². The molecule has 3 nitrogen and oxygen atoms in total. The highest BCUT2D eigenvalue weighted by Crippen LogP contribution is 2.30. The van der Waals surface area contributed by atoms with Crippen molar-refractivity contribution in [1.29, 1.82) is 0 Å². The first-order valence-corrected chi connectivity index (χ1v) is 6.38. The van der Waals surface area contributed by atoms with Gasteiger partial charge in [0.2, 0.25) is 0 Å². The number of rotatable bonds is 5. The van der Waals surface area contributed by atoms with Crippen LogP contribution in [0.5, 0.6) is 5.75 Å². The average molecular weight is 313 g/mol. The topological polar surface area (TPSA) is 46.5 Å². The summed E-state index contributed by atoms with van der Waals surface area (Å²) in [5, 5.41) is 8.97. The monoisotopic (exact) mass is 312 g/mol. The normalized spacial score (nSPS) is 10.7. The smallest absolute Gasteiger partial charge is 0.335 e. The maximum absolute atomic E-state index is 12.5. The summed E-state index contributed by atoms with van der Waals surface area (Å²) in [5.41, 5.74) is 0.611. The van der Waals surface area contributed by atoms with Crippen LogP contribution in [0.15, 0.2) is 42.5 Å². The van der Waals surface area contributed by atoms with Gasteiger partial charge in [-0.2, -0.15) is 0 Å². The standard InChI is InChI=1S/C15H11ClF2O3/c16-12-7-10(14(17)18)4-5-13(12)21-8-9-2-1-3-11(6-9)15(19)20/h1-7,14H,8H2,(H,19,20). The Kier molecular flexibility index (Phi) is 4.75. The van der Waals surface area contributed by atoms with Crippen LogP contribution in [-0.4, -0.2) is 11.1 Å². The van der Waals surface area contributed by atoms with Crippen molar-refractivity contribution in [2.45, 2.75) is 13.0 Å². The maximum atomic E-state index is 12.5. The molecular weight excluding hydrogens is 302 g/mol. The number of ether oxygens (including phenoxy) is 1. The summed E-state index contributed by atoms with van der Waals surface area (Å²) in [5.74, 6) is -0.766. The lowest BCUT2D eigenvalue weighted by Gasteiger charge is -2.10. The molecule has 0 saturated carbocycles. The number of benzene rings is 2. The largest absolute Gasteiger partial charge is 0.487 e. The lowest BCUT2D eigenvalue weighted by Crippen LogP contribution is -2.00. The van der Waals surface area contributed by atoms with E-state index >= 15 is 0 Å². The van der Waals surface area contributed by atoms with Crippen LogP contribution in [0.3, 0.4) is 0 Å². The molecule has 0 aromatic heterocycles. The zero-order chi connectivity index (χ0) is 15.4. The second kappa shape index (κ2) is 6.54. The highest BCUT2D eigenvalue weighted by molar-refractivity contribution is 6.32. The molecule has 0 aliphatic rings. The summed E-state index contributed by atoms with van der Waals surface area (Å²) in [4.78, 5) is 10.8. The van der Waals surface area contributed by atoms with Crippen LogP contribution in [0.2, 0.25) is 5.02 Å². The van der Waals surface area contributed by atoms with E-state index in [0.717, 1.165) is 6.07 Å². The van der Waals surface area contributed by atoms with Crippen molar-refractivity contribution in [3.05, 3.63) is 64.2 Å². The van der Waals surface area contributed by atoms with Gasteiger partial charge in [0.15, 0.2) is 0 Å². The summed E-state index contributed by atoms with van der Waals surface area (Å²) < 4.78 is 30.4. The van der Waals surface area contributed by atoms with Gasteiger partial charge in [-0.15, -0.1) is 0 Å². The number of carbonyl (C=O) groups is 1. The number of hydrogen-bond donors (Lipinski definition) is 1. The average Bonchev–Trinajstić information content (AvgIpc) is 2.46. The van der Waals surface area contributed by atoms with Crippen LogP contribution in [0.4, 0.5) is 8.78 Å². The van der Waals surface area contributed by atoms with Crippen LogP contribution in [0, 0.1) is 0 Å². The molecule has 0 spiro atoms. The minimum atomic E-state index is -2.59. The summed E-state index contributed by atoms with van der Waals surface area (Å²) in [6.07, 6.45) is -2.59. The lowest BCUT2D eigenvalue weighted by atomic mass is 10.1. The molecular formula is C15H11ClF2O3. The molecule has 0 heterocycles. The fraction of sp³-hybridized carbons (Fsp3) is 0.133. The molecule has 2 rings (SSSR count). The molecule has 0 aliphatic carbocycles. The van der Waals surface area contributed by atoms with E-state index in [-0.39, 0.29) is 28.5 Å². The van der Waals surface area contributed by atoms with Crippen molar-refractivity contribution in [1.82, 2.24) is 0 Å². The first-order valence-electron chi connectivity index (χ1n) is 6.00. The molecule has 0 radical (unpaired) electrons. The molecule has 2 aromatic carbocycles. The second-order valence-corrected chi connectivity index (χ2v) is 4.69. The van der Waals surface area contributed by atoms with E-state index in [1.807, 2.05) is 0 Å². The van der Waals surface area contributed by atoms with Gasteiger partial charge in [-0.05, 0) is 35.9 Å². The van der Waals surface area contributed by atoms with Crippen molar-refractivity contribution in [3.8, 4) is 5.75 Å². The lowest BCUT2D eigenvalue weighted by molar-refractivity contribution is 0.0696. The molecule has 21 heavy (non-hydrogen) atoms. The number of carboxylic acids is 1. The van der Waals surface area contributed by atoms with Gasteiger partial charge in [0.25, 0.3) is 6.43 Å². The summed E-state index contributed by atoms with van der Waals surface area (Å²) in [7, 11) is 0. The van der Waals surface area contributed by atoms with Crippen molar-refractivity contribution >= 4 is 17.6 Å². The highest BCUT2D eigenvalue weighted by atomic mass is 35.5. The van der Waals surface area contributed by atoms with E-state index in [2.05, 4.69) is 0 Å². The molecule has 0 saturated heterocycles. The van der Waals surface area contributed by atoms with E-state index in [4.69, 9.17) is 21.4 Å². The minimum absolute atomic E-state index is 0.0854. The van der Waals surface area contributed by atoms with Gasteiger partial charge in [-0.25, -0.2) is 13.6 Å². The van der Waals surface area contributed by atoms with E-state index in [9.17, 15) is 13.6 Å². The fourth-order valence-electron chi connectivity index (χ4n) is 1.73. The predicted molar refractivity (Wildman–Crippen MR) is 74.1 cm³/mol. The molecule has 6 heteroatoms. The van der Waals surface area contributed by atoms with Crippen LogP contribution in [0.1, 0.15) is 27.9 Å². The van der Waals surface area contributed by atoms with Gasteiger partial charge < -0.3 is 9.84 Å². The third-order valence-electron chi connectivity index (χ3n) is 2.78. The molecule has 0 aliphatic heterocycles. The summed E-state index contributed by atoms with van der Waals surface area (Å²) >= 11 is 5.87. The Bertz CT molecular complexity index is 659. The Hall–Kier alpha value is -2.14. The van der Waals surface area contributed by atoms with Crippen molar-refractivity contribution in [2.75, 3.05) is 0 Å². The SMILES string of the molecule is O=C(O)c1cccc(COc2ccc(C(F)F)cc2Cl)c1. The van der Waals surface area contributed by atoms with E-state index < -0.39 is 12.4 Å². The molecule has 0 unspecified atom stereocenters. The maximum Gasteiger partial charge on any atom is 0.335 e. The Balaban J connectivity index is 2.09. The van der Waals surface area contributed by atoms with E-state index in [1.165, 1.54) is 24.3 Å². The molecule has 0 bridgehead atoms. The van der Waals surface area contributed by atoms with Gasteiger partial charge in [-0.3, -0.25) is 0 Å². The zero-order valence-corrected chi connectivity index (χ0v) is 11.5. The Morgan fingerprint density at radius 2 is 2.00 bits per heavy atom. The van der Waals surface area contributed by atoms with Gasteiger partial charge in [0.05, 0.1) is 10.6 Å². The molecule has 0 amide bonds. The van der Waals surface area contributed by atoms with E-state index in [1.54, 1.807) is 12.1 Å². The van der Waals surface area contributed by atoms with Crippen molar-refractivity contribution in [2.24, 2.45) is 0 Å². The van der Waals surface area contributed by atoms with Gasteiger partial charge in [0, 0.05) is 5.56 Å². The van der Waals surface area contributed by atoms with Crippen molar-refractivity contribution < 1.29 is 23.4 Å². The van der Waals surface area contributed by atoms with Crippen molar-refractivity contribution in [3.63, 3.8) is 0 Å². The van der Waals surface area contributed by atoms with Crippen LogP contribution < -0.4 is 4.74 Å². The first kappa shape index (κ1) is 15.3. The number of alkyl halides is 2. The summed E-state index contributed by atoms with van der Waals surface area (Å²) in [6, 6.07) is 10.00. The second-order valence-electron chi connectivity index (χ2n) is 4.28. The number of hydrogen-bond acceptors (Lipinski definition) is 2. The molecule has 2 aromatic rings. The third kappa shape index (κ3) is 3.92. The first-order chi connectivity index (χ1) is 9.97. The molecule has 0 fully saturated rings. The zero-order valence-electron chi connectivity index (χ0n) is 10.7. The quantitative estimate of drug-likeness (QED) is 0.880. The fourth-order valence-corrected chi connectivity index (χ4v) is 1.97. The number of halogens is 3. The van der Waals surface area contributed by atoms with Gasteiger partial charge in [0.1, 0.15) is 12.4 Å². The number of aromatic carboxylic acids is 1. The Morgan fingerprint density at radius 1 is 1.24 bits per heavy atom. The highest BCUT2D eigenvalue weighted by Gasteiger charge is 2.11. The van der Waals surface area contributed by atoms with Crippen LogP contribution >= 0.6 is 11.6 Å². The van der Waals surface area contributed by atoms with Crippen LogP contribution in [0.25, 0.3) is 0 Å². The Labute approximate surface area is 124 Å². The third-order valence-corrected chi connectivity index (χ3v) is 3.07. The van der Waals surface area contributed by atoms with Crippen LogP contribution in [-0.2, 0) is 6.61 Å². The minimum Gasteiger partial charge on any atom is -0.487 e. The van der Waals surface area contributed by atoms with Gasteiger partial charge >= 0.3 is 5.97 Å². The Morgan fingerprint density at radius 3 is 2.62 bits per heavy atom. The molecule has 1 N–H and O–H groups in total. The molecule has 0 atom stereocenters. The summed E-state index contributed by atoms with van der Waals surface area (Å²) in [6.45, 7) is 0.0921. The van der Waals surface area contributed by atoms with Gasteiger partial charge in [-0.1, -0.05) is 23.7 Å². The number of carboxylic acid groups (broad SMARTS) is 1. The predicted octanol–water partition coefficient (Wildman–Crippen LogP) is 4.55.